The summed E-state index contributed by atoms with van der Waals surface area (Å²) in [7, 11) is 0. The van der Waals surface area contributed by atoms with Gasteiger partial charge < -0.3 is 14.1 Å². The maximum Gasteiger partial charge on any atom is 0.371 e. The molecule has 28 heavy (non-hydrogen) atoms. The van der Waals surface area contributed by atoms with Gasteiger partial charge >= 0.3 is 5.97 Å². The summed E-state index contributed by atoms with van der Waals surface area (Å²) in [5.74, 6) is -0.592. The molecule has 0 aliphatic rings. The Balaban J connectivity index is 1.78. The van der Waals surface area contributed by atoms with E-state index in [-0.39, 0.29) is 5.76 Å². The average molecular weight is 371 g/mol. The molecular weight excluding hydrogens is 354 g/mol. The van der Waals surface area contributed by atoms with E-state index in [9.17, 15) is 4.79 Å². The van der Waals surface area contributed by atoms with Crippen LogP contribution in [-0.2, 0) is 6.54 Å². The molecule has 5 aromatic rings. The van der Waals surface area contributed by atoms with Crippen LogP contribution in [0.4, 0.5) is 0 Å². The van der Waals surface area contributed by atoms with Crippen molar-refractivity contribution in [3.63, 3.8) is 0 Å². The molecule has 0 aliphatic heterocycles. The van der Waals surface area contributed by atoms with Crippen LogP contribution in [-0.4, -0.2) is 25.6 Å². The molecule has 0 saturated heterocycles. The Labute approximate surface area is 160 Å². The number of rotatable bonds is 3. The average Bonchev–Trinajstić information content (AvgIpc) is 3.26. The summed E-state index contributed by atoms with van der Waals surface area (Å²) in [5, 5.41) is 10.1. The Morgan fingerprint density at radius 1 is 1.04 bits per heavy atom. The highest BCUT2D eigenvalue weighted by Crippen LogP contribution is 2.30. The van der Waals surface area contributed by atoms with Gasteiger partial charge in [0.15, 0.2) is 5.65 Å². The Kier molecular flexibility index (Phi) is 3.49. The summed E-state index contributed by atoms with van der Waals surface area (Å²) in [5.41, 5.74) is 6.62. The predicted octanol–water partition coefficient (Wildman–Crippen LogP) is 4.69. The van der Waals surface area contributed by atoms with Crippen molar-refractivity contribution in [1.29, 1.82) is 0 Å². The molecule has 3 aromatic heterocycles. The summed E-state index contributed by atoms with van der Waals surface area (Å²) in [6, 6.07) is 15.3. The minimum atomic E-state index is -1.08. The van der Waals surface area contributed by atoms with Crippen LogP contribution in [0.5, 0.6) is 0 Å². The highest BCUT2D eigenvalue weighted by Gasteiger charge is 2.17. The molecule has 0 radical (unpaired) electrons. The van der Waals surface area contributed by atoms with Crippen molar-refractivity contribution in [2.24, 2.45) is 0 Å². The van der Waals surface area contributed by atoms with Crippen molar-refractivity contribution >= 4 is 39.1 Å². The number of nitrogens with zero attached hydrogens (tertiary/aromatic N) is 3. The normalized spacial score (nSPS) is 11.6. The first-order valence-electron chi connectivity index (χ1n) is 8.99. The zero-order valence-corrected chi connectivity index (χ0v) is 15.4. The van der Waals surface area contributed by atoms with E-state index in [1.54, 1.807) is 6.07 Å². The smallest absolute Gasteiger partial charge is 0.371 e. The summed E-state index contributed by atoms with van der Waals surface area (Å²) in [6.45, 7) is 4.51. The first-order valence-corrected chi connectivity index (χ1v) is 8.99. The Bertz CT molecular complexity index is 1390. The maximum atomic E-state index is 11.1. The molecule has 0 amide bonds. The van der Waals surface area contributed by atoms with Crippen molar-refractivity contribution in [1.82, 2.24) is 14.5 Å². The van der Waals surface area contributed by atoms with E-state index in [2.05, 4.69) is 26.0 Å². The molecular formula is C22H17N3O3. The number of carboxylic acid groups (broad SMARTS) is 1. The molecule has 0 atom stereocenters. The van der Waals surface area contributed by atoms with Crippen molar-refractivity contribution < 1.29 is 14.3 Å². The van der Waals surface area contributed by atoms with Gasteiger partial charge in [0, 0.05) is 5.39 Å². The summed E-state index contributed by atoms with van der Waals surface area (Å²) >= 11 is 0. The molecule has 0 fully saturated rings. The van der Waals surface area contributed by atoms with E-state index >= 15 is 0 Å². The van der Waals surface area contributed by atoms with Gasteiger partial charge in [-0.2, -0.15) is 0 Å². The third kappa shape index (κ3) is 2.45. The van der Waals surface area contributed by atoms with E-state index in [4.69, 9.17) is 19.5 Å². The molecule has 3 heterocycles. The Morgan fingerprint density at radius 2 is 1.75 bits per heavy atom. The van der Waals surface area contributed by atoms with Gasteiger partial charge in [0.2, 0.25) is 5.76 Å². The summed E-state index contributed by atoms with van der Waals surface area (Å²) < 4.78 is 7.49. The molecule has 0 bridgehead atoms. The van der Waals surface area contributed by atoms with Crippen LogP contribution >= 0.6 is 0 Å². The first kappa shape index (κ1) is 16.5. The third-order valence-electron chi connectivity index (χ3n) is 5.15. The second-order valence-electron chi connectivity index (χ2n) is 7.00. The van der Waals surface area contributed by atoms with E-state index in [1.165, 1.54) is 17.2 Å². The molecule has 0 saturated carbocycles. The highest BCUT2D eigenvalue weighted by atomic mass is 16.4. The van der Waals surface area contributed by atoms with Crippen LogP contribution in [0.15, 0.2) is 52.9 Å². The maximum absolute atomic E-state index is 11.1. The molecule has 0 unspecified atom stereocenters. The van der Waals surface area contributed by atoms with Crippen LogP contribution < -0.4 is 0 Å². The van der Waals surface area contributed by atoms with Gasteiger partial charge in [0.05, 0.1) is 23.1 Å². The standard InChI is InChI=1S/C22H17N3O3/c1-12-9-16-17(10-13(12)2)24-21-20(23-16)15-5-3-4-6-18(15)25(21)11-14-7-8-19(28-14)22(26)27/h3-10H,11H2,1-2H3,(H,26,27). The molecule has 1 N–H and O–H groups in total. The number of hydrogen-bond acceptors (Lipinski definition) is 4. The number of carbonyl (C=O) groups is 1. The molecule has 6 heteroatoms. The number of benzene rings is 2. The van der Waals surface area contributed by atoms with Gasteiger partial charge in [-0.05, 0) is 55.3 Å². The van der Waals surface area contributed by atoms with Crippen LogP contribution in [0.1, 0.15) is 27.4 Å². The lowest BCUT2D eigenvalue weighted by molar-refractivity contribution is 0.0660. The lowest BCUT2D eigenvalue weighted by Gasteiger charge is -2.06. The summed E-state index contributed by atoms with van der Waals surface area (Å²) in [6.07, 6.45) is 0. The monoisotopic (exact) mass is 371 g/mol. The molecule has 138 valence electrons. The fourth-order valence-corrected chi connectivity index (χ4v) is 3.59. The largest absolute Gasteiger partial charge is 0.475 e. The van der Waals surface area contributed by atoms with E-state index in [1.807, 2.05) is 28.8 Å². The Morgan fingerprint density at radius 3 is 2.46 bits per heavy atom. The number of para-hydroxylation sites is 1. The van der Waals surface area contributed by atoms with E-state index < -0.39 is 5.97 Å². The topological polar surface area (TPSA) is 81.2 Å². The number of aromatic nitrogens is 3. The summed E-state index contributed by atoms with van der Waals surface area (Å²) in [4.78, 5) is 20.9. The third-order valence-corrected chi connectivity index (χ3v) is 5.15. The van der Waals surface area contributed by atoms with Crippen LogP contribution in [0, 0.1) is 13.8 Å². The zero-order chi connectivity index (χ0) is 19.4. The fraction of sp³-hybridized carbons (Fsp3) is 0.136. The molecule has 2 aromatic carbocycles. The number of hydrogen-bond donors (Lipinski definition) is 1. The van der Waals surface area contributed by atoms with Gasteiger partial charge in [-0.25, -0.2) is 14.8 Å². The van der Waals surface area contributed by atoms with E-state index in [0.29, 0.717) is 12.3 Å². The quantitative estimate of drug-likeness (QED) is 0.497. The molecule has 5 rings (SSSR count). The van der Waals surface area contributed by atoms with Crippen LogP contribution in [0.3, 0.4) is 0 Å². The fourth-order valence-electron chi connectivity index (χ4n) is 3.59. The second-order valence-corrected chi connectivity index (χ2v) is 7.00. The first-order chi connectivity index (χ1) is 13.5. The minimum absolute atomic E-state index is 0.0709. The molecule has 0 spiro atoms. The highest BCUT2D eigenvalue weighted by molar-refractivity contribution is 6.06. The lowest BCUT2D eigenvalue weighted by Crippen LogP contribution is -2.01. The van der Waals surface area contributed by atoms with Gasteiger partial charge in [-0.3, -0.25) is 0 Å². The van der Waals surface area contributed by atoms with Crippen LogP contribution in [0.25, 0.3) is 33.1 Å². The number of fused-ring (bicyclic) bond motifs is 4. The minimum Gasteiger partial charge on any atom is -0.475 e. The molecule has 6 nitrogen and oxygen atoms in total. The second kappa shape index (κ2) is 5.92. The van der Waals surface area contributed by atoms with Gasteiger partial charge in [0.25, 0.3) is 0 Å². The zero-order valence-electron chi connectivity index (χ0n) is 15.4. The van der Waals surface area contributed by atoms with E-state index in [0.717, 1.165) is 33.1 Å². The molecule has 0 aliphatic carbocycles. The van der Waals surface area contributed by atoms with Crippen molar-refractivity contribution in [3.8, 4) is 0 Å². The lowest BCUT2D eigenvalue weighted by atomic mass is 10.1. The Hall–Kier alpha value is -3.67. The number of aromatic carboxylic acids is 1. The predicted molar refractivity (Wildman–Crippen MR) is 107 cm³/mol. The van der Waals surface area contributed by atoms with Crippen molar-refractivity contribution in [2.45, 2.75) is 20.4 Å². The number of aryl methyl sites for hydroxylation is 2. The number of carboxylic acids is 1. The van der Waals surface area contributed by atoms with Crippen molar-refractivity contribution in [3.05, 3.63) is 71.2 Å². The van der Waals surface area contributed by atoms with Gasteiger partial charge in [-0.15, -0.1) is 0 Å². The number of furan rings is 1. The SMILES string of the molecule is Cc1cc2nc3c4ccccc4n(Cc4ccc(C(=O)O)o4)c3nc2cc1C. The van der Waals surface area contributed by atoms with Gasteiger partial charge in [0.1, 0.15) is 11.3 Å². The van der Waals surface area contributed by atoms with Crippen LogP contribution in [0.2, 0.25) is 0 Å². The van der Waals surface area contributed by atoms with Gasteiger partial charge in [-0.1, -0.05) is 18.2 Å². The van der Waals surface area contributed by atoms with Crippen molar-refractivity contribution in [2.75, 3.05) is 0 Å².